The molecule has 2 fully saturated rings. The Balaban J connectivity index is 1.37. The van der Waals surface area contributed by atoms with Crippen molar-refractivity contribution < 1.29 is 8.42 Å². The summed E-state index contributed by atoms with van der Waals surface area (Å²) in [6.45, 7) is 3.50. The number of hydrogen-bond acceptors (Lipinski definition) is 3. The highest BCUT2D eigenvalue weighted by Gasteiger charge is 2.58. The van der Waals surface area contributed by atoms with Crippen molar-refractivity contribution in [3.05, 3.63) is 67.0 Å². The molecular weight excluding hydrogens is 358 g/mol. The third kappa shape index (κ3) is 2.80. The second-order valence-electron chi connectivity index (χ2n) is 7.87. The smallest absolute Gasteiger partial charge is 0.241 e. The molecule has 2 aromatic carbocycles. The van der Waals surface area contributed by atoms with Gasteiger partial charge in [0.05, 0.1) is 10.6 Å². The van der Waals surface area contributed by atoms with Gasteiger partial charge < -0.3 is 0 Å². The fourth-order valence-electron chi connectivity index (χ4n) is 4.08. The van der Waals surface area contributed by atoms with E-state index in [1.54, 1.807) is 27.3 Å². The normalized spacial score (nSPS) is 24.7. The molecule has 5 rings (SSSR count). The standard InChI is InChI=1S/C21H21N3O2S/c1-21-13-18(21)14-23(15-21)27(25,26)20-9-5-17(6-10-20)16-3-7-19(8-4-16)24-12-2-11-22-24/h2-12,18H,13-15H2,1H3/t18-,21+/m0/s1. The number of aromatic nitrogens is 2. The lowest BCUT2D eigenvalue weighted by Crippen LogP contribution is -2.31. The summed E-state index contributed by atoms with van der Waals surface area (Å²) in [5.41, 5.74) is 3.24. The van der Waals surface area contributed by atoms with Crippen LogP contribution in [0.1, 0.15) is 13.3 Å². The molecule has 3 aromatic rings. The number of nitrogens with zero attached hydrogens (tertiary/aromatic N) is 3. The molecule has 0 spiro atoms. The van der Waals surface area contributed by atoms with E-state index >= 15 is 0 Å². The van der Waals surface area contributed by atoms with Gasteiger partial charge in [-0.15, -0.1) is 0 Å². The Morgan fingerprint density at radius 2 is 1.70 bits per heavy atom. The summed E-state index contributed by atoms with van der Waals surface area (Å²) in [6.07, 6.45) is 4.81. The summed E-state index contributed by atoms with van der Waals surface area (Å²) in [6, 6.07) is 17.1. The van der Waals surface area contributed by atoms with Crippen molar-refractivity contribution in [2.24, 2.45) is 11.3 Å². The fourth-order valence-corrected chi connectivity index (χ4v) is 5.69. The highest BCUT2D eigenvalue weighted by molar-refractivity contribution is 7.89. The molecule has 1 saturated heterocycles. The van der Waals surface area contributed by atoms with E-state index in [0.717, 1.165) is 23.2 Å². The van der Waals surface area contributed by atoms with E-state index in [2.05, 4.69) is 12.0 Å². The lowest BCUT2D eigenvalue weighted by Gasteiger charge is -2.19. The SMILES string of the molecule is C[C@]12C[C@H]1CN(S(=O)(=O)c1ccc(-c3ccc(-n4cccn4)cc3)cc1)C2. The number of hydrogen-bond donors (Lipinski definition) is 0. The van der Waals surface area contributed by atoms with E-state index in [0.29, 0.717) is 23.9 Å². The molecule has 2 atom stereocenters. The van der Waals surface area contributed by atoms with E-state index < -0.39 is 10.0 Å². The van der Waals surface area contributed by atoms with Crippen LogP contribution in [-0.2, 0) is 10.0 Å². The minimum Gasteiger partial charge on any atom is -0.241 e. The van der Waals surface area contributed by atoms with Gasteiger partial charge in [0.15, 0.2) is 0 Å². The minimum absolute atomic E-state index is 0.212. The maximum atomic E-state index is 12.9. The average Bonchev–Trinajstić information content (AvgIpc) is 3.07. The molecule has 0 unspecified atom stereocenters. The Morgan fingerprint density at radius 3 is 2.26 bits per heavy atom. The summed E-state index contributed by atoms with van der Waals surface area (Å²) < 4.78 is 29.2. The molecule has 27 heavy (non-hydrogen) atoms. The fraction of sp³-hybridized carbons (Fsp3) is 0.286. The molecule has 1 saturated carbocycles. The first-order valence-electron chi connectivity index (χ1n) is 9.16. The van der Waals surface area contributed by atoms with Crippen LogP contribution >= 0.6 is 0 Å². The Bertz CT molecular complexity index is 1070. The average molecular weight is 379 g/mol. The zero-order chi connectivity index (χ0) is 18.6. The predicted octanol–water partition coefficient (Wildman–Crippen LogP) is 3.57. The molecule has 6 heteroatoms. The van der Waals surface area contributed by atoms with Crippen LogP contribution < -0.4 is 0 Å². The van der Waals surface area contributed by atoms with Crippen molar-refractivity contribution in [3.63, 3.8) is 0 Å². The van der Waals surface area contributed by atoms with Gasteiger partial charge in [0.1, 0.15) is 0 Å². The van der Waals surface area contributed by atoms with E-state index in [4.69, 9.17) is 0 Å². The molecular formula is C21H21N3O2S. The van der Waals surface area contributed by atoms with Gasteiger partial charge in [0.25, 0.3) is 0 Å². The zero-order valence-electron chi connectivity index (χ0n) is 15.1. The molecule has 0 amide bonds. The first-order chi connectivity index (χ1) is 13.0. The molecule has 1 aromatic heterocycles. The monoisotopic (exact) mass is 379 g/mol. The van der Waals surface area contributed by atoms with Crippen molar-refractivity contribution in [1.29, 1.82) is 0 Å². The van der Waals surface area contributed by atoms with Gasteiger partial charge in [-0.3, -0.25) is 0 Å². The third-order valence-corrected chi connectivity index (χ3v) is 7.79. The van der Waals surface area contributed by atoms with Crippen LogP contribution in [0.3, 0.4) is 0 Å². The number of piperidine rings is 1. The van der Waals surface area contributed by atoms with Crippen LogP contribution in [0.15, 0.2) is 71.9 Å². The predicted molar refractivity (Wildman–Crippen MR) is 104 cm³/mol. The molecule has 0 radical (unpaired) electrons. The van der Waals surface area contributed by atoms with Crippen molar-refractivity contribution in [2.75, 3.05) is 13.1 Å². The third-order valence-electron chi connectivity index (χ3n) is 5.96. The summed E-state index contributed by atoms with van der Waals surface area (Å²) in [4.78, 5) is 0.379. The number of benzene rings is 2. The van der Waals surface area contributed by atoms with E-state index in [9.17, 15) is 8.42 Å². The van der Waals surface area contributed by atoms with Gasteiger partial charge in [-0.25, -0.2) is 13.1 Å². The molecule has 2 aliphatic rings. The number of sulfonamides is 1. The molecule has 1 aliphatic heterocycles. The number of fused-ring (bicyclic) bond motifs is 1. The second kappa shape index (κ2) is 5.78. The first-order valence-corrected chi connectivity index (χ1v) is 10.6. The molecule has 2 heterocycles. The molecule has 138 valence electrons. The highest BCUT2D eigenvalue weighted by Crippen LogP contribution is 2.58. The molecule has 0 bridgehead atoms. The minimum atomic E-state index is -3.39. The van der Waals surface area contributed by atoms with Gasteiger partial charge in [-0.2, -0.15) is 9.40 Å². The summed E-state index contributed by atoms with van der Waals surface area (Å²) >= 11 is 0. The largest absolute Gasteiger partial charge is 0.243 e. The quantitative estimate of drug-likeness (QED) is 0.696. The van der Waals surface area contributed by atoms with Crippen LogP contribution in [-0.4, -0.2) is 35.6 Å². The lowest BCUT2D eigenvalue weighted by atomic mass is 10.1. The second-order valence-corrected chi connectivity index (χ2v) is 9.81. The van der Waals surface area contributed by atoms with Gasteiger partial charge in [-0.05, 0) is 59.2 Å². The van der Waals surface area contributed by atoms with Crippen LogP contribution in [0, 0.1) is 11.3 Å². The van der Waals surface area contributed by atoms with Gasteiger partial charge >= 0.3 is 0 Å². The summed E-state index contributed by atoms with van der Waals surface area (Å²) in [7, 11) is -3.39. The molecule has 0 N–H and O–H groups in total. The first kappa shape index (κ1) is 16.7. The highest BCUT2D eigenvalue weighted by atomic mass is 32.2. The number of rotatable bonds is 4. The van der Waals surface area contributed by atoms with E-state index in [1.807, 2.05) is 48.7 Å². The Hall–Kier alpha value is -2.44. The Morgan fingerprint density at radius 1 is 1.04 bits per heavy atom. The molecule has 5 nitrogen and oxygen atoms in total. The van der Waals surface area contributed by atoms with Crippen LogP contribution in [0.2, 0.25) is 0 Å². The van der Waals surface area contributed by atoms with Crippen LogP contribution in [0.25, 0.3) is 16.8 Å². The summed E-state index contributed by atoms with van der Waals surface area (Å²) in [5, 5.41) is 4.22. The van der Waals surface area contributed by atoms with Crippen molar-refractivity contribution >= 4 is 10.0 Å². The van der Waals surface area contributed by atoms with E-state index in [1.165, 1.54) is 0 Å². The van der Waals surface area contributed by atoms with Gasteiger partial charge in [0.2, 0.25) is 10.0 Å². The lowest BCUT2D eigenvalue weighted by molar-refractivity contribution is 0.414. The maximum absolute atomic E-state index is 12.9. The van der Waals surface area contributed by atoms with Crippen LogP contribution in [0.4, 0.5) is 0 Å². The Labute approximate surface area is 159 Å². The van der Waals surface area contributed by atoms with Crippen molar-refractivity contribution in [2.45, 2.75) is 18.2 Å². The zero-order valence-corrected chi connectivity index (χ0v) is 15.9. The van der Waals surface area contributed by atoms with Crippen molar-refractivity contribution in [3.8, 4) is 16.8 Å². The molecule has 1 aliphatic carbocycles. The van der Waals surface area contributed by atoms with Gasteiger partial charge in [-0.1, -0.05) is 31.2 Å². The van der Waals surface area contributed by atoms with Gasteiger partial charge in [0, 0.05) is 25.5 Å². The maximum Gasteiger partial charge on any atom is 0.243 e. The van der Waals surface area contributed by atoms with Crippen molar-refractivity contribution in [1.82, 2.24) is 14.1 Å². The van der Waals surface area contributed by atoms with Crippen LogP contribution in [0.5, 0.6) is 0 Å². The Kier molecular flexibility index (Phi) is 3.58. The summed E-state index contributed by atoms with van der Waals surface area (Å²) in [5.74, 6) is 0.542. The topological polar surface area (TPSA) is 55.2 Å². The van der Waals surface area contributed by atoms with E-state index in [-0.39, 0.29) is 5.41 Å².